The van der Waals surface area contributed by atoms with Crippen molar-refractivity contribution in [1.29, 1.82) is 0 Å². The van der Waals surface area contributed by atoms with Gasteiger partial charge in [0.2, 0.25) is 0 Å². The van der Waals surface area contributed by atoms with Crippen molar-refractivity contribution in [1.82, 2.24) is 19.7 Å². The number of rotatable bonds is 6. The van der Waals surface area contributed by atoms with E-state index in [0.717, 1.165) is 16.5 Å². The molecule has 1 amide bonds. The summed E-state index contributed by atoms with van der Waals surface area (Å²) in [6.45, 7) is 11.8. The molecule has 2 aromatic heterocycles. The van der Waals surface area contributed by atoms with Gasteiger partial charge in [-0.3, -0.25) is 9.59 Å². The van der Waals surface area contributed by atoms with Crippen LogP contribution < -0.4 is 5.56 Å². The summed E-state index contributed by atoms with van der Waals surface area (Å²) in [4.78, 5) is 31.9. The van der Waals surface area contributed by atoms with Crippen LogP contribution in [0.5, 0.6) is 0 Å². The first-order valence-corrected chi connectivity index (χ1v) is 10.4. The van der Waals surface area contributed by atoms with Crippen LogP contribution >= 0.6 is 0 Å². The molecule has 160 valence electrons. The third-order valence-electron chi connectivity index (χ3n) is 5.40. The van der Waals surface area contributed by atoms with Gasteiger partial charge >= 0.3 is 0 Å². The number of allylic oxidation sites excluding steroid dienone is 3. The Morgan fingerprint density at radius 1 is 1.16 bits per heavy atom. The van der Waals surface area contributed by atoms with Crippen LogP contribution in [-0.2, 0) is 0 Å². The molecule has 6 nitrogen and oxygen atoms in total. The van der Waals surface area contributed by atoms with Crippen molar-refractivity contribution in [2.24, 2.45) is 0 Å². The first-order chi connectivity index (χ1) is 15.5. The molecule has 0 spiro atoms. The van der Waals surface area contributed by atoms with E-state index in [0.29, 0.717) is 28.8 Å². The zero-order valence-electron chi connectivity index (χ0n) is 18.1. The monoisotopic (exact) mass is 424 g/mol. The summed E-state index contributed by atoms with van der Waals surface area (Å²) < 4.78 is 1.28. The van der Waals surface area contributed by atoms with Crippen molar-refractivity contribution >= 4 is 27.7 Å². The minimum atomic E-state index is -0.323. The Kier molecular flexibility index (Phi) is 5.60. The molecule has 32 heavy (non-hydrogen) atoms. The van der Waals surface area contributed by atoms with E-state index < -0.39 is 0 Å². The van der Waals surface area contributed by atoms with Gasteiger partial charge in [0.05, 0.1) is 5.69 Å². The smallest absolute Gasteiger partial charge is 0.295 e. The van der Waals surface area contributed by atoms with Crippen LogP contribution in [0.4, 0.5) is 0 Å². The van der Waals surface area contributed by atoms with Crippen LogP contribution in [0, 0.1) is 6.92 Å². The van der Waals surface area contributed by atoms with Crippen LogP contribution in [0.15, 0.2) is 90.4 Å². The summed E-state index contributed by atoms with van der Waals surface area (Å²) in [6.07, 6.45) is 4.93. The van der Waals surface area contributed by atoms with E-state index in [2.05, 4.69) is 23.2 Å². The Balaban J connectivity index is 2.06. The van der Waals surface area contributed by atoms with Crippen molar-refractivity contribution in [3.05, 3.63) is 107 Å². The number of H-pyrrole nitrogens is 1. The first-order valence-electron chi connectivity index (χ1n) is 10.4. The molecule has 0 fully saturated rings. The molecule has 0 aliphatic carbocycles. The second kappa shape index (κ2) is 8.51. The molecule has 0 aliphatic heterocycles. The number of benzene rings is 2. The van der Waals surface area contributed by atoms with E-state index in [4.69, 9.17) is 0 Å². The van der Waals surface area contributed by atoms with Crippen molar-refractivity contribution < 1.29 is 4.79 Å². The van der Waals surface area contributed by atoms with E-state index in [-0.39, 0.29) is 17.2 Å². The zero-order chi connectivity index (χ0) is 22.8. The molecule has 1 N–H and O–H groups in total. The van der Waals surface area contributed by atoms with E-state index in [1.54, 1.807) is 23.1 Å². The van der Waals surface area contributed by atoms with Crippen LogP contribution in [0.1, 0.15) is 23.0 Å². The number of likely N-dealkylation sites (N-methyl/N-ethyl adjacent to an activating group) is 1. The number of amides is 1. The molecule has 0 atom stereocenters. The highest BCUT2D eigenvalue weighted by Crippen LogP contribution is 2.27. The van der Waals surface area contributed by atoms with Crippen molar-refractivity contribution in [2.75, 3.05) is 6.54 Å². The van der Waals surface area contributed by atoms with Crippen LogP contribution in [-0.4, -0.2) is 32.1 Å². The SMILES string of the molecule is C=C/C=C(\C=C)N(CC)C(=O)c1nn(-c2ccc(C)cc2)c(=O)c2[nH]c3ccccc3c12. The molecule has 0 bridgehead atoms. The highest BCUT2D eigenvalue weighted by atomic mass is 16.2. The van der Waals surface area contributed by atoms with Gasteiger partial charge in [0, 0.05) is 28.5 Å². The summed E-state index contributed by atoms with van der Waals surface area (Å²) in [5.74, 6) is -0.323. The fourth-order valence-electron chi connectivity index (χ4n) is 3.82. The van der Waals surface area contributed by atoms with E-state index in [9.17, 15) is 9.59 Å². The number of hydrogen-bond donors (Lipinski definition) is 1. The zero-order valence-corrected chi connectivity index (χ0v) is 18.1. The van der Waals surface area contributed by atoms with Gasteiger partial charge in [0.1, 0.15) is 5.52 Å². The molecule has 0 unspecified atom stereocenters. The molecule has 0 saturated heterocycles. The standard InChI is InChI=1S/C26H24N4O2/c1-5-10-18(6-2)29(7-3)25(31)24-22-20-11-8-9-12-21(20)27-23(22)26(32)30(28-24)19-15-13-17(4)14-16-19/h5-6,8-16,27H,1-2,7H2,3-4H3/b18-10+. The number of carbonyl (C=O) groups is 1. The largest absolute Gasteiger partial charge is 0.350 e. The quantitative estimate of drug-likeness (QED) is 0.448. The number of aromatic nitrogens is 3. The lowest BCUT2D eigenvalue weighted by atomic mass is 10.1. The van der Waals surface area contributed by atoms with Crippen LogP contribution in [0.3, 0.4) is 0 Å². The number of nitrogens with one attached hydrogen (secondary N) is 1. The summed E-state index contributed by atoms with van der Waals surface area (Å²) in [5.41, 5.74) is 3.24. The second-order valence-corrected chi connectivity index (χ2v) is 7.40. The molecule has 4 rings (SSSR count). The average Bonchev–Trinajstić information content (AvgIpc) is 3.20. The Morgan fingerprint density at radius 3 is 2.53 bits per heavy atom. The van der Waals surface area contributed by atoms with Gasteiger partial charge in [-0.05, 0) is 44.2 Å². The normalized spacial score (nSPS) is 11.6. The second-order valence-electron chi connectivity index (χ2n) is 7.40. The molecular formula is C26H24N4O2. The van der Waals surface area contributed by atoms with E-state index in [1.165, 1.54) is 4.68 Å². The first kappa shape index (κ1) is 21.1. The Bertz CT molecular complexity index is 1440. The molecule has 0 aliphatic rings. The maximum absolute atomic E-state index is 13.8. The Morgan fingerprint density at radius 2 is 1.88 bits per heavy atom. The Hall–Kier alpha value is -4.19. The lowest BCUT2D eigenvalue weighted by molar-refractivity contribution is 0.0812. The van der Waals surface area contributed by atoms with Gasteiger partial charge in [-0.15, -0.1) is 0 Å². The number of para-hydroxylation sites is 1. The number of carbonyl (C=O) groups excluding carboxylic acids is 1. The lowest BCUT2D eigenvalue weighted by Gasteiger charge is -2.22. The third kappa shape index (κ3) is 3.46. The van der Waals surface area contributed by atoms with Gasteiger partial charge in [0.25, 0.3) is 11.5 Å². The average molecular weight is 425 g/mol. The van der Waals surface area contributed by atoms with Crippen LogP contribution in [0.2, 0.25) is 0 Å². The van der Waals surface area contributed by atoms with Gasteiger partial charge in [-0.1, -0.05) is 55.1 Å². The van der Waals surface area contributed by atoms with Gasteiger partial charge in [-0.25, -0.2) is 0 Å². The fraction of sp³-hybridized carbons (Fsp3) is 0.115. The van der Waals surface area contributed by atoms with Crippen molar-refractivity contribution in [3.63, 3.8) is 0 Å². The molecule has 6 heteroatoms. The van der Waals surface area contributed by atoms with Crippen molar-refractivity contribution in [2.45, 2.75) is 13.8 Å². The summed E-state index contributed by atoms with van der Waals surface area (Å²) in [5, 5.41) is 5.86. The molecule has 4 aromatic rings. The number of hydrogen-bond acceptors (Lipinski definition) is 3. The summed E-state index contributed by atoms with van der Waals surface area (Å²) >= 11 is 0. The van der Waals surface area contributed by atoms with Gasteiger partial charge in [0.15, 0.2) is 5.69 Å². The lowest BCUT2D eigenvalue weighted by Crippen LogP contribution is -2.33. The molecular weight excluding hydrogens is 400 g/mol. The van der Waals surface area contributed by atoms with Crippen molar-refractivity contribution in [3.8, 4) is 5.69 Å². The maximum Gasteiger partial charge on any atom is 0.295 e. The van der Waals surface area contributed by atoms with Gasteiger partial charge < -0.3 is 9.88 Å². The van der Waals surface area contributed by atoms with Gasteiger partial charge in [-0.2, -0.15) is 9.78 Å². The van der Waals surface area contributed by atoms with E-state index in [1.807, 2.05) is 62.4 Å². The number of aryl methyl sites for hydroxylation is 1. The van der Waals surface area contributed by atoms with Crippen LogP contribution in [0.25, 0.3) is 27.5 Å². The molecule has 0 saturated carbocycles. The number of aromatic amines is 1. The molecule has 2 heterocycles. The fourth-order valence-corrected chi connectivity index (χ4v) is 3.82. The predicted molar refractivity (Wildman–Crippen MR) is 129 cm³/mol. The Labute approximate surface area is 185 Å². The highest BCUT2D eigenvalue weighted by molar-refractivity contribution is 6.16. The minimum absolute atomic E-state index is 0.191. The summed E-state index contributed by atoms with van der Waals surface area (Å²) in [6, 6.07) is 15.0. The van der Waals surface area contributed by atoms with E-state index >= 15 is 0 Å². The third-order valence-corrected chi connectivity index (χ3v) is 5.40. The predicted octanol–water partition coefficient (Wildman–Crippen LogP) is 4.89. The minimum Gasteiger partial charge on any atom is -0.350 e. The maximum atomic E-state index is 13.8. The number of nitrogens with zero attached hydrogens (tertiary/aromatic N) is 3. The highest BCUT2D eigenvalue weighted by Gasteiger charge is 2.25. The molecule has 2 aromatic carbocycles. The summed E-state index contributed by atoms with van der Waals surface area (Å²) in [7, 11) is 0. The topological polar surface area (TPSA) is 71.0 Å². The molecule has 0 radical (unpaired) electrons. The number of fused-ring (bicyclic) bond motifs is 3.